The van der Waals surface area contributed by atoms with E-state index in [-0.39, 0.29) is 0 Å². The minimum atomic E-state index is 0.874. The molecule has 0 atom stereocenters. The van der Waals surface area contributed by atoms with Crippen LogP contribution in [0.3, 0.4) is 0 Å². The molecule has 0 aliphatic carbocycles. The van der Waals surface area contributed by atoms with E-state index in [0.717, 1.165) is 28.2 Å². The Balaban J connectivity index is 1.93. The zero-order valence-electron chi connectivity index (χ0n) is 12.8. The van der Waals surface area contributed by atoms with Crippen LogP contribution in [-0.2, 0) is 7.05 Å². The number of fused-ring (bicyclic) bond motifs is 2. The number of H-pyrrole nitrogens is 1. The molecule has 0 aliphatic rings. The normalized spacial score (nSPS) is 11.4. The summed E-state index contributed by atoms with van der Waals surface area (Å²) in [5.74, 6) is 0.874. The Morgan fingerprint density at radius 3 is 2.77 bits per heavy atom. The number of aromatic nitrogens is 3. The second-order valence-electron chi connectivity index (χ2n) is 5.65. The number of hydrogen-bond donors (Lipinski definition) is 1. The molecule has 4 heteroatoms. The lowest BCUT2D eigenvalue weighted by molar-refractivity contribution is 0.415. The number of ether oxygens (including phenoxy) is 1. The van der Waals surface area contributed by atoms with Crippen LogP contribution in [0.2, 0.25) is 0 Å². The summed E-state index contributed by atoms with van der Waals surface area (Å²) in [5.41, 5.74) is 5.48. The first-order valence-corrected chi connectivity index (χ1v) is 7.25. The zero-order valence-corrected chi connectivity index (χ0v) is 12.8. The van der Waals surface area contributed by atoms with Gasteiger partial charge < -0.3 is 14.3 Å². The Morgan fingerprint density at radius 2 is 1.95 bits per heavy atom. The molecule has 0 saturated heterocycles. The van der Waals surface area contributed by atoms with Gasteiger partial charge in [-0.05, 0) is 48.9 Å². The van der Waals surface area contributed by atoms with Crippen molar-refractivity contribution in [1.82, 2.24) is 14.5 Å². The van der Waals surface area contributed by atoms with Gasteiger partial charge in [0.1, 0.15) is 11.4 Å². The van der Waals surface area contributed by atoms with Crippen LogP contribution in [0.4, 0.5) is 0 Å². The number of rotatable bonds is 2. The number of benzene rings is 1. The molecule has 4 rings (SSSR count). The van der Waals surface area contributed by atoms with Crippen molar-refractivity contribution in [2.45, 2.75) is 6.92 Å². The predicted molar refractivity (Wildman–Crippen MR) is 89.3 cm³/mol. The van der Waals surface area contributed by atoms with Crippen molar-refractivity contribution in [3.8, 4) is 17.1 Å². The van der Waals surface area contributed by atoms with Gasteiger partial charge in [0.05, 0.1) is 18.5 Å². The van der Waals surface area contributed by atoms with Gasteiger partial charge in [0.15, 0.2) is 0 Å². The van der Waals surface area contributed by atoms with Crippen molar-refractivity contribution in [1.29, 1.82) is 0 Å². The van der Waals surface area contributed by atoms with Crippen molar-refractivity contribution in [3.05, 3.63) is 48.2 Å². The summed E-state index contributed by atoms with van der Waals surface area (Å²) in [4.78, 5) is 7.86. The summed E-state index contributed by atoms with van der Waals surface area (Å²) in [6.45, 7) is 2.06. The van der Waals surface area contributed by atoms with Crippen molar-refractivity contribution < 1.29 is 4.74 Å². The lowest BCUT2D eigenvalue weighted by Gasteiger charge is -2.02. The minimum Gasteiger partial charge on any atom is -0.497 e. The molecule has 4 nitrogen and oxygen atoms in total. The molecule has 0 radical (unpaired) electrons. The van der Waals surface area contributed by atoms with Gasteiger partial charge in [0.2, 0.25) is 0 Å². The molecule has 0 amide bonds. The van der Waals surface area contributed by atoms with Crippen LogP contribution < -0.4 is 4.74 Å². The molecule has 22 heavy (non-hydrogen) atoms. The van der Waals surface area contributed by atoms with Crippen LogP contribution >= 0.6 is 0 Å². The minimum absolute atomic E-state index is 0.874. The van der Waals surface area contributed by atoms with E-state index in [9.17, 15) is 0 Å². The monoisotopic (exact) mass is 291 g/mol. The smallest absolute Gasteiger partial charge is 0.137 e. The number of methoxy groups -OCH3 is 1. The van der Waals surface area contributed by atoms with Crippen LogP contribution in [0.25, 0.3) is 33.3 Å². The first-order chi connectivity index (χ1) is 10.7. The predicted octanol–water partition coefficient (Wildman–Crippen LogP) is 4.04. The van der Waals surface area contributed by atoms with Gasteiger partial charge in [-0.25, -0.2) is 4.98 Å². The van der Waals surface area contributed by atoms with E-state index in [0.29, 0.717) is 0 Å². The molecule has 0 saturated carbocycles. The average Bonchev–Trinajstić information content (AvgIpc) is 3.07. The molecule has 0 bridgehead atoms. The standard InChI is InChI=1S/C18H17N3O/c1-11-6-13-8-15(20-18(13)19-10-11)17-9-12-7-14(22-3)4-5-16(12)21(17)2/h4-10H,1-3H3,(H,19,20). The van der Waals surface area contributed by atoms with E-state index >= 15 is 0 Å². The fraction of sp³-hybridized carbons (Fsp3) is 0.167. The van der Waals surface area contributed by atoms with Gasteiger partial charge in [0.25, 0.3) is 0 Å². The van der Waals surface area contributed by atoms with Crippen LogP contribution in [0.5, 0.6) is 5.75 Å². The number of pyridine rings is 1. The molecule has 1 aromatic carbocycles. The third-order valence-corrected chi connectivity index (χ3v) is 4.13. The van der Waals surface area contributed by atoms with Gasteiger partial charge in [-0.3, -0.25) is 0 Å². The first-order valence-electron chi connectivity index (χ1n) is 7.25. The average molecular weight is 291 g/mol. The van der Waals surface area contributed by atoms with E-state index < -0.39 is 0 Å². The first kappa shape index (κ1) is 13.0. The third-order valence-electron chi connectivity index (χ3n) is 4.13. The SMILES string of the molecule is COc1ccc2c(c1)cc(-c1cc3cc(C)cnc3[nH]1)n2C. The Labute approximate surface area is 128 Å². The molecule has 4 aromatic rings. The number of nitrogens with zero attached hydrogens (tertiary/aromatic N) is 2. The highest BCUT2D eigenvalue weighted by atomic mass is 16.5. The number of nitrogens with one attached hydrogen (secondary N) is 1. The maximum atomic E-state index is 5.31. The van der Waals surface area contributed by atoms with E-state index in [1.165, 1.54) is 16.5 Å². The fourth-order valence-corrected chi connectivity index (χ4v) is 2.98. The molecule has 110 valence electrons. The van der Waals surface area contributed by atoms with Crippen molar-refractivity contribution in [3.63, 3.8) is 0 Å². The van der Waals surface area contributed by atoms with E-state index in [1.807, 2.05) is 12.3 Å². The lowest BCUT2D eigenvalue weighted by Crippen LogP contribution is -1.91. The van der Waals surface area contributed by atoms with Gasteiger partial charge in [-0.2, -0.15) is 0 Å². The summed E-state index contributed by atoms with van der Waals surface area (Å²) in [6.07, 6.45) is 1.88. The third kappa shape index (κ3) is 1.88. The highest BCUT2D eigenvalue weighted by molar-refractivity contribution is 5.90. The van der Waals surface area contributed by atoms with Crippen LogP contribution in [0.15, 0.2) is 42.6 Å². The Hall–Kier alpha value is -2.75. The van der Waals surface area contributed by atoms with E-state index in [1.54, 1.807) is 7.11 Å². The molecular weight excluding hydrogens is 274 g/mol. The summed E-state index contributed by atoms with van der Waals surface area (Å²) < 4.78 is 7.50. The van der Waals surface area contributed by atoms with Crippen LogP contribution in [0.1, 0.15) is 5.56 Å². The topological polar surface area (TPSA) is 42.8 Å². The maximum Gasteiger partial charge on any atom is 0.137 e. The number of aromatic amines is 1. The fourth-order valence-electron chi connectivity index (χ4n) is 2.98. The van der Waals surface area contributed by atoms with Crippen molar-refractivity contribution in [2.75, 3.05) is 7.11 Å². The summed E-state index contributed by atoms with van der Waals surface area (Å²) in [7, 11) is 3.77. The second kappa shape index (κ2) is 4.63. The van der Waals surface area contributed by atoms with Crippen LogP contribution in [0, 0.1) is 6.92 Å². The Bertz CT molecular complexity index is 994. The Kier molecular flexibility index (Phi) is 2.73. The number of hydrogen-bond acceptors (Lipinski definition) is 2. The molecule has 3 heterocycles. The van der Waals surface area contributed by atoms with Gasteiger partial charge in [-0.15, -0.1) is 0 Å². The summed E-state index contributed by atoms with van der Waals surface area (Å²) in [6, 6.07) is 12.6. The second-order valence-corrected chi connectivity index (χ2v) is 5.65. The molecule has 0 aliphatic heterocycles. The maximum absolute atomic E-state index is 5.31. The lowest BCUT2D eigenvalue weighted by atomic mass is 10.2. The van der Waals surface area contributed by atoms with Gasteiger partial charge >= 0.3 is 0 Å². The van der Waals surface area contributed by atoms with E-state index in [4.69, 9.17) is 4.74 Å². The summed E-state index contributed by atoms with van der Waals surface area (Å²) >= 11 is 0. The molecule has 0 unspecified atom stereocenters. The molecule has 0 fully saturated rings. The van der Waals surface area contributed by atoms with Crippen LogP contribution in [-0.4, -0.2) is 21.6 Å². The van der Waals surface area contributed by atoms with Gasteiger partial charge in [0, 0.05) is 29.5 Å². The molecular formula is C18H17N3O. The number of aryl methyl sites for hydroxylation is 2. The van der Waals surface area contributed by atoms with Crippen molar-refractivity contribution >= 4 is 21.9 Å². The zero-order chi connectivity index (χ0) is 15.3. The Morgan fingerprint density at radius 1 is 1.09 bits per heavy atom. The molecule has 3 aromatic heterocycles. The summed E-state index contributed by atoms with van der Waals surface area (Å²) in [5, 5.41) is 2.30. The quantitative estimate of drug-likeness (QED) is 0.605. The highest BCUT2D eigenvalue weighted by Crippen LogP contribution is 2.30. The largest absolute Gasteiger partial charge is 0.497 e. The van der Waals surface area contributed by atoms with Gasteiger partial charge in [-0.1, -0.05) is 0 Å². The van der Waals surface area contributed by atoms with Crippen molar-refractivity contribution in [2.24, 2.45) is 7.05 Å². The molecule has 0 spiro atoms. The van der Waals surface area contributed by atoms with E-state index in [2.05, 4.69) is 58.8 Å². The molecule has 1 N–H and O–H groups in total. The highest BCUT2D eigenvalue weighted by Gasteiger charge is 2.11.